The minimum atomic E-state index is -0.565. The van der Waals surface area contributed by atoms with Crippen LogP contribution in [0.15, 0.2) is 10.9 Å². The zero-order valence-corrected chi connectivity index (χ0v) is 9.87. The molecule has 0 radical (unpaired) electrons. The lowest BCUT2D eigenvalue weighted by molar-refractivity contribution is -0.120. The zero-order chi connectivity index (χ0) is 12.5. The van der Waals surface area contributed by atoms with Crippen LogP contribution in [0.5, 0.6) is 5.88 Å². The molecule has 0 saturated carbocycles. The van der Waals surface area contributed by atoms with Crippen molar-refractivity contribution in [2.45, 2.75) is 33.9 Å². The van der Waals surface area contributed by atoms with Gasteiger partial charge in [-0.2, -0.15) is 0 Å². The van der Waals surface area contributed by atoms with Crippen molar-refractivity contribution in [2.24, 2.45) is 0 Å². The maximum Gasteiger partial charge on any atom is 0.258 e. The van der Waals surface area contributed by atoms with Gasteiger partial charge in [0.2, 0.25) is 5.91 Å². The van der Waals surface area contributed by atoms with Crippen LogP contribution >= 0.6 is 0 Å². The molecule has 1 amide bonds. The molecule has 0 spiro atoms. The van der Waals surface area contributed by atoms with Gasteiger partial charge in [0.05, 0.1) is 0 Å². The van der Waals surface area contributed by atoms with Crippen molar-refractivity contribution in [1.29, 1.82) is 0 Å². The maximum atomic E-state index is 11.9. The van der Waals surface area contributed by atoms with Crippen LogP contribution in [0, 0.1) is 13.8 Å². The SMILES string of the molecule is CC(=O)NC(C)n1c(O)cc(C)c(C)c1=O. The summed E-state index contributed by atoms with van der Waals surface area (Å²) < 4.78 is 1.16. The fourth-order valence-electron chi connectivity index (χ4n) is 1.56. The molecule has 1 atom stereocenters. The number of aryl methyl sites for hydroxylation is 1. The standard InChI is InChI=1S/C11H16N2O3/c1-6-5-10(15)13(11(16)7(6)2)8(3)12-9(4)14/h5,8,15H,1-4H3,(H,12,14). The van der Waals surface area contributed by atoms with Gasteiger partial charge in [-0.05, 0) is 26.3 Å². The highest BCUT2D eigenvalue weighted by molar-refractivity contribution is 5.72. The lowest BCUT2D eigenvalue weighted by atomic mass is 10.2. The molecule has 0 aliphatic rings. The van der Waals surface area contributed by atoms with Crippen molar-refractivity contribution in [3.63, 3.8) is 0 Å². The number of hydrogen-bond donors (Lipinski definition) is 2. The van der Waals surface area contributed by atoms with E-state index >= 15 is 0 Å². The Labute approximate surface area is 93.7 Å². The van der Waals surface area contributed by atoms with E-state index in [0.29, 0.717) is 5.56 Å². The van der Waals surface area contributed by atoms with Crippen molar-refractivity contribution < 1.29 is 9.90 Å². The Kier molecular flexibility index (Phi) is 3.37. The van der Waals surface area contributed by atoms with E-state index in [-0.39, 0.29) is 17.3 Å². The van der Waals surface area contributed by atoms with Crippen molar-refractivity contribution in [2.75, 3.05) is 0 Å². The average Bonchev–Trinajstić information content (AvgIpc) is 2.13. The Balaban J connectivity index is 3.29. The van der Waals surface area contributed by atoms with Gasteiger partial charge in [-0.25, -0.2) is 0 Å². The van der Waals surface area contributed by atoms with Crippen LogP contribution in [0.3, 0.4) is 0 Å². The van der Waals surface area contributed by atoms with Gasteiger partial charge in [-0.3, -0.25) is 14.2 Å². The highest BCUT2D eigenvalue weighted by Crippen LogP contribution is 2.15. The second-order valence-electron chi connectivity index (χ2n) is 3.86. The van der Waals surface area contributed by atoms with Gasteiger partial charge in [-0.15, -0.1) is 0 Å². The van der Waals surface area contributed by atoms with Crippen LogP contribution in [0.1, 0.15) is 31.1 Å². The van der Waals surface area contributed by atoms with Gasteiger partial charge in [0, 0.05) is 18.6 Å². The summed E-state index contributed by atoms with van der Waals surface area (Å²) in [5.41, 5.74) is 1.00. The third-order valence-corrected chi connectivity index (χ3v) is 2.52. The lowest BCUT2D eigenvalue weighted by Gasteiger charge is -2.18. The summed E-state index contributed by atoms with van der Waals surface area (Å²) in [4.78, 5) is 22.8. The predicted octanol–water partition coefficient (Wildman–Crippen LogP) is 0.825. The fraction of sp³-hybridized carbons (Fsp3) is 0.455. The number of amides is 1. The fourth-order valence-corrected chi connectivity index (χ4v) is 1.56. The molecule has 1 rings (SSSR count). The average molecular weight is 224 g/mol. The highest BCUT2D eigenvalue weighted by atomic mass is 16.3. The summed E-state index contributed by atoms with van der Waals surface area (Å²) in [5, 5.41) is 12.2. The molecule has 2 N–H and O–H groups in total. The summed E-state index contributed by atoms with van der Waals surface area (Å²) in [6.45, 7) is 6.44. The third-order valence-electron chi connectivity index (χ3n) is 2.52. The number of nitrogens with zero attached hydrogens (tertiary/aromatic N) is 1. The van der Waals surface area contributed by atoms with Crippen molar-refractivity contribution >= 4 is 5.91 Å². The summed E-state index contributed by atoms with van der Waals surface area (Å²) in [7, 11) is 0. The van der Waals surface area contributed by atoms with Gasteiger partial charge >= 0.3 is 0 Å². The number of nitrogens with one attached hydrogen (secondary N) is 1. The number of carbonyl (C=O) groups is 1. The lowest BCUT2D eigenvalue weighted by Crippen LogP contribution is -2.35. The van der Waals surface area contributed by atoms with Crippen LogP contribution in [-0.4, -0.2) is 15.6 Å². The first-order valence-electron chi connectivity index (χ1n) is 5.03. The zero-order valence-electron chi connectivity index (χ0n) is 9.87. The first-order chi connectivity index (χ1) is 7.34. The number of rotatable bonds is 2. The number of aromatic hydroxyl groups is 1. The van der Waals surface area contributed by atoms with Crippen LogP contribution in [-0.2, 0) is 4.79 Å². The summed E-state index contributed by atoms with van der Waals surface area (Å²) in [6.07, 6.45) is -0.565. The number of hydrogen-bond acceptors (Lipinski definition) is 3. The van der Waals surface area contributed by atoms with Crippen LogP contribution in [0.25, 0.3) is 0 Å². The van der Waals surface area contributed by atoms with Crippen molar-refractivity contribution in [3.05, 3.63) is 27.5 Å². The van der Waals surface area contributed by atoms with Gasteiger partial charge in [0.25, 0.3) is 5.56 Å². The molecule has 0 aliphatic heterocycles. The van der Waals surface area contributed by atoms with Crippen LogP contribution < -0.4 is 10.9 Å². The molecule has 0 aliphatic carbocycles. The van der Waals surface area contributed by atoms with E-state index in [9.17, 15) is 14.7 Å². The van der Waals surface area contributed by atoms with E-state index in [1.165, 1.54) is 13.0 Å². The molecule has 0 saturated heterocycles. The molecule has 1 aromatic rings. The number of aromatic nitrogens is 1. The Bertz CT molecular complexity index is 477. The largest absolute Gasteiger partial charge is 0.494 e. The minimum Gasteiger partial charge on any atom is -0.494 e. The Morgan fingerprint density at radius 3 is 2.56 bits per heavy atom. The molecule has 0 fully saturated rings. The molecule has 16 heavy (non-hydrogen) atoms. The topological polar surface area (TPSA) is 71.3 Å². The maximum absolute atomic E-state index is 11.9. The van der Waals surface area contributed by atoms with E-state index in [2.05, 4.69) is 5.32 Å². The van der Waals surface area contributed by atoms with E-state index < -0.39 is 6.17 Å². The first-order valence-corrected chi connectivity index (χ1v) is 5.03. The van der Waals surface area contributed by atoms with Crippen LogP contribution in [0.2, 0.25) is 0 Å². The predicted molar refractivity (Wildman–Crippen MR) is 60.4 cm³/mol. The summed E-state index contributed by atoms with van der Waals surface area (Å²) in [6, 6.07) is 1.51. The molecule has 88 valence electrons. The van der Waals surface area contributed by atoms with Gasteiger partial charge < -0.3 is 10.4 Å². The monoisotopic (exact) mass is 224 g/mol. The van der Waals surface area contributed by atoms with Crippen molar-refractivity contribution in [1.82, 2.24) is 9.88 Å². The van der Waals surface area contributed by atoms with E-state index in [1.807, 2.05) is 0 Å². The molecule has 5 nitrogen and oxygen atoms in total. The van der Waals surface area contributed by atoms with Gasteiger partial charge in [0.15, 0.2) is 5.88 Å². The van der Waals surface area contributed by atoms with Crippen molar-refractivity contribution in [3.8, 4) is 5.88 Å². The molecular weight excluding hydrogens is 208 g/mol. The smallest absolute Gasteiger partial charge is 0.258 e. The van der Waals surface area contributed by atoms with E-state index in [0.717, 1.165) is 10.1 Å². The Morgan fingerprint density at radius 1 is 1.50 bits per heavy atom. The van der Waals surface area contributed by atoms with Crippen LogP contribution in [0.4, 0.5) is 0 Å². The molecule has 1 heterocycles. The van der Waals surface area contributed by atoms with Gasteiger partial charge in [0.1, 0.15) is 6.17 Å². The van der Waals surface area contributed by atoms with Gasteiger partial charge in [-0.1, -0.05) is 0 Å². The van der Waals surface area contributed by atoms with E-state index in [1.54, 1.807) is 20.8 Å². The van der Waals surface area contributed by atoms with E-state index in [4.69, 9.17) is 0 Å². The Morgan fingerprint density at radius 2 is 2.06 bits per heavy atom. The summed E-state index contributed by atoms with van der Waals surface area (Å²) in [5.74, 6) is -0.397. The minimum absolute atomic E-state index is 0.144. The normalized spacial score (nSPS) is 12.2. The molecule has 1 aromatic heterocycles. The second-order valence-corrected chi connectivity index (χ2v) is 3.86. The number of pyridine rings is 1. The number of carbonyl (C=O) groups excluding carboxylic acids is 1. The molecular formula is C11H16N2O3. The highest BCUT2D eigenvalue weighted by Gasteiger charge is 2.14. The first kappa shape index (κ1) is 12.3. The second kappa shape index (κ2) is 4.38. The molecule has 1 unspecified atom stereocenters. The quantitative estimate of drug-likeness (QED) is 0.781. The molecule has 0 aromatic carbocycles. The third kappa shape index (κ3) is 2.24. The molecule has 0 bridgehead atoms. The Hall–Kier alpha value is -1.78. The molecule has 5 heteroatoms. The summed E-state index contributed by atoms with van der Waals surface area (Å²) >= 11 is 0.